The van der Waals surface area contributed by atoms with Gasteiger partial charge in [0.15, 0.2) is 17.5 Å². The number of benzene rings is 2. The summed E-state index contributed by atoms with van der Waals surface area (Å²) in [6, 6.07) is 6.00. The maximum absolute atomic E-state index is 13.1. The Kier molecular flexibility index (Phi) is 10.1. The van der Waals surface area contributed by atoms with Gasteiger partial charge in [0.1, 0.15) is 0 Å². The van der Waals surface area contributed by atoms with Crippen LogP contribution in [0.2, 0.25) is 5.02 Å². The molecule has 1 amide bonds. The van der Waals surface area contributed by atoms with Crippen molar-refractivity contribution in [1.82, 2.24) is 0 Å². The van der Waals surface area contributed by atoms with Crippen LogP contribution in [-0.4, -0.2) is 18.7 Å². The number of thioether (sulfide) groups is 1. The Balaban J connectivity index is 0.000000480. The summed E-state index contributed by atoms with van der Waals surface area (Å²) < 4.78 is 39.0. The van der Waals surface area contributed by atoms with E-state index in [1.54, 1.807) is 18.4 Å². The van der Waals surface area contributed by atoms with E-state index in [2.05, 4.69) is 18.8 Å². The highest BCUT2D eigenvalue weighted by atomic mass is 35.5. The number of nitrogens with two attached hydrogens (primary N) is 1. The van der Waals surface area contributed by atoms with Crippen LogP contribution >= 0.6 is 23.4 Å². The Morgan fingerprint density at radius 3 is 2.36 bits per heavy atom. The third kappa shape index (κ3) is 7.22. The lowest BCUT2D eigenvalue weighted by Crippen LogP contribution is -2.12. The molecule has 2 rings (SSSR count). The molecule has 0 spiro atoms. The molecule has 0 bridgehead atoms. The summed E-state index contributed by atoms with van der Waals surface area (Å²) in [7, 11) is 0. The van der Waals surface area contributed by atoms with Gasteiger partial charge in [-0.15, -0.1) is 18.3 Å². The van der Waals surface area contributed by atoms with Crippen LogP contribution in [0.25, 0.3) is 0 Å². The fourth-order valence-electron chi connectivity index (χ4n) is 2.01. The molecule has 2 aromatic rings. The SMILES string of the molecule is C=CCC(C)CN.CSc1cc(C(=O)Nc2cc(F)c(F)c(F)c2)ccc1Cl. The van der Waals surface area contributed by atoms with Crippen molar-refractivity contribution < 1.29 is 18.0 Å². The number of amides is 1. The van der Waals surface area contributed by atoms with E-state index in [9.17, 15) is 18.0 Å². The van der Waals surface area contributed by atoms with Crippen molar-refractivity contribution in [1.29, 1.82) is 0 Å². The lowest BCUT2D eigenvalue weighted by molar-refractivity contribution is 0.102. The summed E-state index contributed by atoms with van der Waals surface area (Å²) in [4.78, 5) is 12.7. The molecule has 28 heavy (non-hydrogen) atoms. The Hall–Kier alpha value is -1.96. The molecule has 0 aliphatic rings. The number of rotatable bonds is 6. The Bertz CT molecular complexity index is 810. The standard InChI is InChI=1S/C14H9ClF3NOS.C6H13N/c1-21-12-4-7(2-3-9(12)15)14(20)19-8-5-10(16)13(18)11(17)6-8;1-3-4-6(2)5-7/h2-6H,1H3,(H,19,20);3,6H,1,4-5,7H2,2H3. The highest BCUT2D eigenvalue weighted by Crippen LogP contribution is 2.26. The highest BCUT2D eigenvalue weighted by molar-refractivity contribution is 7.98. The minimum Gasteiger partial charge on any atom is -0.330 e. The van der Waals surface area contributed by atoms with Gasteiger partial charge in [-0.3, -0.25) is 4.79 Å². The van der Waals surface area contributed by atoms with E-state index in [1.807, 2.05) is 6.08 Å². The largest absolute Gasteiger partial charge is 0.330 e. The number of hydrogen-bond acceptors (Lipinski definition) is 3. The normalized spacial score (nSPS) is 11.2. The number of nitrogens with one attached hydrogen (secondary N) is 1. The molecule has 0 fully saturated rings. The molecular weight excluding hydrogens is 409 g/mol. The molecule has 1 unspecified atom stereocenters. The van der Waals surface area contributed by atoms with Crippen molar-refractivity contribution in [2.45, 2.75) is 18.2 Å². The number of hydrogen-bond donors (Lipinski definition) is 2. The van der Waals surface area contributed by atoms with Crippen LogP contribution in [-0.2, 0) is 0 Å². The zero-order valence-corrected chi connectivity index (χ0v) is 17.1. The molecule has 0 aliphatic heterocycles. The zero-order chi connectivity index (χ0) is 21.3. The average Bonchev–Trinajstić information content (AvgIpc) is 2.67. The summed E-state index contributed by atoms with van der Waals surface area (Å²) in [6.07, 6.45) is 4.74. The first-order valence-electron chi connectivity index (χ1n) is 8.33. The third-order valence-corrected chi connectivity index (χ3v) is 4.85. The Morgan fingerprint density at radius 2 is 1.89 bits per heavy atom. The fraction of sp³-hybridized carbons (Fsp3) is 0.250. The van der Waals surface area contributed by atoms with E-state index in [0.717, 1.165) is 13.0 Å². The third-order valence-electron chi connectivity index (χ3n) is 3.63. The maximum atomic E-state index is 13.1. The fourth-order valence-corrected chi connectivity index (χ4v) is 2.87. The maximum Gasteiger partial charge on any atom is 0.255 e. The van der Waals surface area contributed by atoms with Gasteiger partial charge in [-0.1, -0.05) is 24.6 Å². The average molecular weight is 431 g/mol. The number of anilines is 1. The van der Waals surface area contributed by atoms with Crippen molar-refractivity contribution >= 4 is 35.0 Å². The van der Waals surface area contributed by atoms with Gasteiger partial charge in [-0.2, -0.15) is 0 Å². The minimum absolute atomic E-state index is 0.169. The monoisotopic (exact) mass is 430 g/mol. The first kappa shape index (κ1) is 24.1. The van der Waals surface area contributed by atoms with E-state index in [-0.39, 0.29) is 11.3 Å². The van der Waals surface area contributed by atoms with Crippen molar-refractivity contribution in [2.24, 2.45) is 11.7 Å². The van der Waals surface area contributed by atoms with Gasteiger partial charge >= 0.3 is 0 Å². The van der Waals surface area contributed by atoms with E-state index in [1.165, 1.54) is 17.8 Å². The number of carbonyl (C=O) groups excluding carboxylic acids is 1. The molecule has 0 saturated heterocycles. The van der Waals surface area contributed by atoms with Crippen LogP contribution in [0.5, 0.6) is 0 Å². The van der Waals surface area contributed by atoms with Crippen LogP contribution in [0.3, 0.4) is 0 Å². The predicted octanol–water partition coefficient (Wildman–Crippen LogP) is 5.89. The quantitative estimate of drug-likeness (QED) is 0.341. The lowest BCUT2D eigenvalue weighted by Gasteiger charge is -2.08. The second-order valence-corrected chi connectivity index (χ2v) is 7.18. The van der Waals surface area contributed by atoms with E-state index < -0.39 is 23.4 Å². The molecule has 152 valence electrons. The second kappa shape index (κ2) is 11.8. The molecule has 0 aliphatic carbocycles. The summed E-state index contributed by atoms with van der Waals surface area (Å²) in [5, 5.41) is 2.80. The molecule has 8 heteroatoms. The Morgan fingerprint density at radius 1 is 1.29 bits per heavy atom. The van der Waals surface area contributed by atoms with Crippen LogP contribution in [0.1, 0.15) is 23.7 Å². The summed E-state index contributed by atoms with van der Waals surface area (Å²) in [5.41, 5.74) is 5.41. The summed E-state index contributed by atoms with van der Waals surface area (Å²) in [6.45, 7) is 6.48. The molecular formula is C20H22ClF3N2OS. The molecule has 0 heterocycles. The van der Waals surface area contributed by atoms with Crippen LogP contribution in [0.15, 0.2) is 47.9 Å². The van der Waals surface area contributed by atoms with Crippen molar-refractivity contribution in [3.05, 3.63) is 71.0 Å². The molecule has 0 saturated carbocycles. The molecule has 0 radical (unpaired) electrons. The van der Waals surface area contributed by atoms with E-state index in [4.69, 9.17) is 17.3 Å². The number of carbonyl (C=O) groups is 1. The lowest BCUT2D eigenvalue weighted by atomic mass is 10.1. The zero-order valence-electron chi connectivity index (χ0n) is 15.6. The van der Waals surface area contributed by atoms with Gasteiger partial charge in [0.05, 0.1) is 5.02 Å². The molecule has 0 aromatic heterocycles. The highest BCUT2D eigenvalue weighted by Gasteiger charge is 2.14. The van der Waals surface area contributed by atoms with Gasteiger partial charge in [0, 0.05) is 28.3 Å². The minimum atomic E-state index is -1.58. The molecule has 1 atom stereocenters. The van der Waals surface area contributed by atoms with Gasteiger partial charge in [0.25, 0.3) is 5.91 Å². The number of allylic oxidation sites excluding steroid dienone is 1. The smallest absolute Gasteiger partial charge is 0.255 e. The van der Waals surface area contributed by atoms with Gasteiger partial charge in [-0.05, 0) is 43.3 Å². The first-order chi connectivity index (χ1) is 13.2. The molecule has 2 aromatic carbocycles. The van der Waals surface area contributed by atoms with Gasteiger partial charge in [-0.25, -0.2) is 13.2 Å². The van der Waals surface area contributed by atoms with Crippen LogP contribution < -0.4 is 11.1 Å². The Labute approximate surface area is 172 Å². The van der Waals surface area contributed by atoms with Crippen LogP contribution in [0, 0.1) is 23.4 Å². The van der Waals surface area contributed by atoms with E-state index >= 15 is 0 Å². The van der Waals surface area contributed by atoms with Gasteiger partial charge in [0.2, 0.25) is 0 Å². The second-order valence-electron chi connectivity index (χ2n) is 5.92. The number of halogens is 4. The van der Waals surface area contributed by atoms with Gasteiger partial charge < -0.3 is 11.1 Å². The van der Waals surface area contributed by atoms with Crippen molar-refractivity contribution in [2.75, 3.05) is 18.1 Å². The topological polar surface area (TPSA) is 55.1 Å². The summed E-state index contributed by atoms with van der Waals surface area (Å²) >= 11 is 7.29. The first-order valence-corrected chi connectivity index (χ1v) is 9.94. The van der Waals surface area contributed by atoms with E-state index in [0.29, 0.717) is 28.0 Å². The molecule has 3 N–H and O–H groups in total. The van der Waals surface area contributed by atoms with Crippen molar-refractivity contribution in [3.63, 3.8) is 0 Å². The summed E-state index contributed by atoms with van der Waals surface area (Å²) in [5.74, 6) is -4.29. The van der Waals surface area contributed by atoms with Crippen molar-refractivity contribution in [3.8, 4) is 0 Å². The molecule has 3 nitrogen and oxygen atoms in total. The predicted molar refractivity (Wildman–Crippen MR) is 111 cm³/mol. The van der Waals surface area contributed by atoms with Crippen LogP contribution in [0.4, 0.5) is 18.9 Å².